The molecule has 1 spiro atoms. The van der Waals surface area contributed by atoms with Crippen molar-refractivity contribution in [1.29, 1.82) is 0 Å². The molecule has 1 saturated heterocycles. The Morgan fingerprint density at radius 3 is 1.60 bits per heavy atom. The zero-order valence-electron chi connectivity index (χ0n) is 25.6. The third-order valence-corrected chi connectivity index (χ3v) is 8.21. The Kier molecular flexibility index (Phi) is 11.2. The molecule has 2 aliphatic rings. The van der Waals surface area contributed by atoms with Gasteiger partial charge >= 0.3 is 0 Å². The van der Waals surface area contributed by atoms with Crippen molar-refractivity contribution in [2.75, 3.05) is 13.2 Å². The van der Waals surface area contributed by atoms with Gasteiger partial charge in [-0.15, -0.1) is 0 Å². The van der Waals surface area contributed by atoms with Crippen LogP contribution in [0.3, 0.4) is 0 Å². The normalized spacial score (nSPS) is 24.8. The summed E-state index contributed by atoms with van der Waals surface area (Å²) in [6.07, 6.45) is 3.55. The molecule has 1 fully saturated rings. The Morgan fingerprint density at radius 2 is 1.04 bits per heavy atom. The van der Waals surface area contributed by atoms with Crippen LogP contribution in [0, 0.1) is 0 Å². The lowest BCUT2D eigenvalue weighted by molar-refractivity contribution is -0.381. The summed E-state index contributed by atoms with van der Waals surface area (Å²) in [7, 11) is 0. The summed E-state index contributed by atoms with van der Waals surface area (Å²) >= 11 is 0. The SMILES string of the molecule is C1=CC[C@]2(OCC1)O[C@H](COCc1ccccc1)[C@@H](OCc1ccccc1)[C@H](OCc1ccccc1)[C@H]2OCc1ccccc1. The minimum Gasteiger partial charge on any atom is -0.374 e. The van der Waals surface area contributed by atoms with E-state index in [1.165, 1.54) is 0 Å². The number of benzene rings is 4. The number of hydrogen-bond acceptors (Lipinski definition) is 6. The van der Waals surface area contributed by atoms with Crippen molar-refractivity contribution in [2.45, 2.75) is 69.5 Å². The molecule has 0 aromatic heterocycles. The molecule has 45 heavy (non-hydrogen) atoms. The number of hydrogen-bond donors (Lipinski definition) is 0. The minimum atomic E-state index is -1.07. The standard InChI is InChI=1S/C39H42O6/c1-6-16-31(17-7-1)26-40-30-35-36(41-27-32-18-8-2-9-19-32)37(42-28-33-20-10-3-11-21-33)38(43-29-34-22-12-4-13-23-34)39(45-35)24-14-5-15-25-44-39/h1-14,16-23,35-38H,15,24-30H2/t35-,36-,37+,38-,39+/m1/s1. The van der Waals surface area contributed by atoms with Gasteiger partial charge in [-0.1, -0.05) is 133 Å². The van der Waals surface area contributed by atoms with E-state index in [1.807, 2.05) is 72.8 Å². The van der Waals surface area contributed by atoms with Gasteiger partial charge in [-0.05, 0) is 28.7 Å². The molecule has 5 atom stereocenters. The van der Waals surface area contributed by atoms with Crippen molar-refractivity contribution in [1.82, 2.24) is 0 Å². The Hall–Kier alpha value is -3.62. The van der Waals surface area contributed by atoms with Gasteiger partial charge in [0, 0.05) is 6.42 Å². The van der Waals surface area contributed by atoms with Gasteiger partial charge in [0.25, 0.3) is 0 Å². The third-order valence-electron chi connectivity index (χ3n) is 8.21. The predicted octanol–water partition coefficient (Wildman–Crippen LogP) is 7.42. The van der Waals surface area contributed by atoms with E-state index in [-0.39, 0.29) is 0 Å². The summed E-state index contributed by atoms with van der Waals surface area (Å²) < 4.78 is 40.3. The number of ether oxygens (including phenoxy) is 6. The molecule has 0 saturated carbocycles. The summed E-state index contributed by atoms with van der Waals surface area (Å²) in [6, 6.07) is 40.7. The zero-order chi connectivity index (χ0) is 30.6. The first-order chi connectivity index (χ1) is 22.3. The van der Waals surface area contributed by atoms with Crippen LogP contribution in [0.1, 0.15) is 35.1 Å². The summed E-state index contributed by atoms with van der Waals surface area (Å²) in [5.41, 5.74) is 4.30. The third kappa shape index (κ3) is 8.56. The van der Waals surface area contributed by atoms with Crippen LogP contribution in [0.25, 0.3) is 0 Å². The highest BCUT2D eigenvalue weighted by Gasteiger charge is 2.57. The molecule has 0 aliphatic carbocycles. The van der Waals surface area contributed by atoms with Gasteiger partial charge in [0.1, 0.15) is 24.4 Å². The maximum Gasteiger partial charge on any atom is 0.201 e. The van der Waals surface area contributed by atoms with Crippen molar-refractivity contribution in [2.24, 2.45) is 0 Å². The van der Waals surface area contributed by atoms with Crippen molar-refractivity contribution < 1.29 is 28.4 Å². The Balaban J connectivity index is 1.33. The van der Waals surface area contributed by atoms with E-state index in [0.29, 0.717) is 46.1 Å². The average Bonchev–Trinajstić information content (AvgIpc) is 3.34. The van der Waals surface area contributed by atoms with Crippen LogP contribution in [0.4, 0.5) is 0 Å². The van der Waals surface area contributed by atoms with Gasteiger partial charge in [0.15, 0.2) is 0 Å². The quantitative estimate of drug-likeness (QED) is 0.148. The van der Waals surface area contributed by atoms with Crippen molar-refractivity contribution >= 4 is 0 Å². The van der Waals surface area contributed by atoms with Gasteiger partial charge in [-0.2, -0.15) is 0 Å². The van der Waals surface area contributed by atoms with Crippen LogP contribution in [-0.2, 0) is 54.8 Å². The van der Waals surface area contributed by atoms with E-state index in [4.69, 9.17) is 28.4 Å². The molecule has 234 valence electrons. The Bertz CT molecular complexity index is 1430. The summed E-state index contributed by atoms with van der Waals surface area (Å²) in [6.45, 7) is 2.46. The fourth-order valence-corrected chi connectivity index (χ4v) is 5.92. The van der Waals surface area contributed by atoms with Crippen molar-refractivity contribution in [3.05, 3.63) is 156 Å². The smallest absolute Gasteiger partial charge is 0.201 e. The van der Waals surface area contributed by atoms with E-state index in [9.17, 15) is 0 Å². The van der Waals surface area contributed by atoms with Crippen LogP contribution >= 0.6 is 0 Å². The average molecular weight is 607 g/mol. The summed E-state index contributed by atoms with van der Waals surface area (Å²) in [5, 5.41) is 0. The molecule has 0 unspecified atom stereocenters. The van der Waals surface area contributed by atoms with E-state index < -0.39 is 30.2 Å². The molecule has 6 heteroatoms. The Morgan fingerprint density at radius 1 is 0.556 bits per heavy atom. The van der Waals surface area contributed by atoms with Gasteiger partial charge in [0.2, 0.25) is 5.79 Å². The molecule has 0 radical (unpaired) electrons. The molecule has 4 aromatic carbocycles. The highest BCUT2D eigenvalue weighted by molar-refractivity contribution is 5.17. The van der Waals surface area contributed by atoms with Crippen LogP contribution in [0.15, 0.2) is 133 Å². The first-order valence-corrected chi connectivity index (χ1v) is 15.8. The van der Waals surface area contributed by atoms with Gasteiger partial charge in [-0.3, -0.25) is 0 Å². The second-order valence-electron chi connectivity index (χ2n) is 11.5. The van der Waals surface area contributed by atoms with Crippen LogP contribution in [-0.4, -0.2) is 43.4 Å². The van der Waals surface area contributed by atoms with E-state index in [2.05, 4.69) is 60.7 Å². The first-order valence-electron chi connectivity index (χ1n) is 15.8. The van der Waals surface area contributed by atoms with Crippen molar-refractivity contribution in [3.63, 3.8) is 0 Å². The molecule has 2 heterocycles. The second-order valence-corrected chi connectivity index (χ2v) is 11.5. The van der Waals surface area contributed by atoms with Crippen molar-refractivity contribution in [3.8, 4) is 0 Å². The summed E-state index contributed by atoms with van der Waals surface area (Å²) in [5.74, 6) is -1.07. The van der Waals surface area contributed by atoms with Crippen LogP contribution < -0.4 is 0 Å². The lowest BCUT2D eigenvalue weighted by atomic mass is 9.89. The molecule has 0 amide bonds. The lowest BCUT2D eigenvalue weighted by Crippen LogP contribution is -2.67. The van der Waals surface area contributed by atoms with E-state index in [0.717, 1.165) is 28.7 Å². The molecule has 0 bridgehead atoms. The van der Waals surface area contributed by atoms with Crippen LogP contribution in [0.5, 0.6) is 0 Å². The van der Waals surface area contributed by atoms with Crippen LogP contribution in [0.2, 0.25) is 0 Å². The van der Waals surface area contributed by atoms with Gasteiger partial charge < -0.3 is 28.4 Å². The highest BCUT2D eigenvalue weighted by atomic mass is 16.7. The topological polar surface area (TPSA) is 55.4 Å². The van der Waals surface area contributed by atoms with Gasteiger partial charge in [-0.25, -0.2) is 0 Å². The fraction of sp³-hybridized carbons (Fsp3) is 0.333. The predicted molar refractivity (Wildman–Crippen MR) is 173 cm³/mol. The zero-order valence-corrected chi connectivity index (χ0v) is 25.6. The molecular formula is C39H42O6. The monoisotopic (exact) mass is 606 g/mol. The molecule has 2 aliphatic heterocycles. The largest absolute Gasteiger partial charge is 0.374 e. The summed E-state index contributed by atoms with van der Waals surface area (Å²) in [4.78, 5) is 0. The second kappa shape index (κ2) is 16.1. The van der Waals surface area contributed by atoms with E-state index >= 15 is 0 Å². The molecule has 6 nitrogen and oxygen atoms in total. The first kappa shape index (κ1) is 31.4. The minimum absolute atomic E-state index is 0.305. The number of rotatable bonds is 13. The maximum absolute atomic E-state index is 6.99. The Labute approximate surface area is 266 Å². The fourth-order valence-electron chi connectivity index (χ4n) is 5.92. The molecular weight excluding hydrogens is 564 g/mol. The van der Waals surface area contributed by atoms with E-state index in [1.54, 1.807) is 0 Å². The molecule has 6 rings (SSSR count). The highest BCUT2D eigenvalue weighted by Crippen LogP contribution is 2.41. The lowest BCUT2D eigenvalue weighted by Gasteiger charge is -2.52. The molecule has 4 aromatic rings. The maximum atomic E-state index is 6.99. The molecule has 0 N–H and O–H groups in total. The van der Waals surface area contributed by atoms with Gasteiger partial charge in [0.05, 0.1) is 39.6 Å².